The van der Waals surface area contributed by atoms with Gasteiger partial charge >= 0.3 is 0 Å². The standard InChI is InChI=1S/C21H22ClN3O5/c1-4-17(29-15-7-5-6-13(22)10-15)21(26)23-12-19-24-20(25-30-19)16-9-8-14(27-2)11-18(16)28-3/h5-11,17H,4,12H2,1-3H3,(H,23,26). The van der Waals surface area contributed by atoms with Crippen LogP contribution in [0.25, 0.3) is 11.4 Å². The fourth-order valence-electron chi connectivity index (χ4n) is 2.72. The SMILES string of the molecule is CCC(Oc1cccc(Cl)c1)C(=O)NCc1nc(-c2ccc(OC)cc2OC)no1. The van der Waals surface area contributed by atoms with Gasteiger partial charge in [0.1, 0.15) is 17.2 Å². The Morgan fingerprint density at radius 1 is 1.17 bits per heavy atom. The van der Waals surface area contributed by atoms with Crippen LogP contribution < -0.4 is 19.5 Å². The third-order valence-electron chi connectivity index (χ3n) is 4.27. The van der Waals surface area contributed by atoms with Gasteiger partial charge in [0.25, 0.3) is 5.91 Å². The molecule has 0 fully saturated rings. The molecule has 1 heterocycles. The number of nitrogens with zero attached hydrogens (tertiary/aromatic N) is 2. The van der Waals surface area contributed by atoms with E-state index in [-0.39, 0.29) is 18.3 Å². The number of hydrogen-bond acceptors (Lipinski definition) is 7. The first-order valence-corrected chi connectivity index (χ1v) is 9.66. The lowest BCUT2D eigenvalue weighted by Crippen LogP contribution is -2.37. The molecular formula is C21H22ClN3O5. The van der Waals surface area contributed by atoms with Gasteiger partial charge in [-0.3, -0.25) is 4.79 Å². The number of amides is 1. The van der Waals surface area contributed by atoms with Gasteiger partial charge in [0.15, 0.2) is 6.10 Å². The van der Waals surface area contributed by atoms with Crippen LogP contribution >= 0.6 is 11.6 Å². The molecule has 0 saturated carbocycles. The van der Waals surface area contributed by atoms with Crippen LogP contribution in [-0.4, -0.2) is 36.4 Å². The fourth-order valence-corrected chi connectivity index (χ4v) is 2.90. The molecule has 0 aliphatic carbocycles. The highest BCUT2D eigenvalue weighted by atomic mass is 35.5. The summed E-state index contributed by atoms with van der Waals surface area (Å²) in [5.74, 6) is 2.04. The lowest BCUT2D eigenvalue weighted by Gasteiger charge is -2.16. The molecule has 1 atom stereocenters. The molecule has 1 unspecified atom stereocenters. The van der Waals surface area contributed by atoms with E-state index in [1.807, 2.05) is 6.92 Å². The second-order valence-electron chi connectivity index (χ2n) is 6.27. The topological polar surface area (TPSA) is 95.7 Å². The number of halogens is 1. The highest BCUT2D eigenvalue weighted by Gasteiger charge is 2.20. The predicted molar refractivity (Wildman–Crippen MR) is 111 cm³/mol. The van der Waals surface area contributed by atoms with Gasteiger partial charge in [0.2, 0.25) is 11.7 Å². The lowest BCUT2D eigenvalue weighted by atomic mass is 10.2. The molecule has 1 amide bonds. The smallest absolute Gasteiger partial charge is 0.261 e. The largest absolute Gasteiger partial charge is 0.497 e. The van der Waals surface area contributed by atoms with E-state index in [1.54, 1.807) is 56.7 Å². The number of hydrogen-bond donors (Lipinski definition) is 1. The van der Waals surface area contributed by atoms with E-state index in [0.29, 0.717) is 40.1 Å². The quantitative estimate of drug-likeness (QED) is 0.549. The first-order valence-electron chi connectivity index (χ1n) is 9.29. The van der Waals surface area contributed by atoms with E-state index in [1.165, 1.54) is 0 Å². The summed E-state index contributed by atoms with van der Waals surface area (Å²) in [5, 5.41) is 7.26. The molecule has 0 spiro atoms. The number of rotatable bonds is 9. The van der Waals surface area contributed by atoms with Crippen LogP contribution in [0.5, 0.6) is 17.2 Å². The van der Waals surface area contributed by atoms with Crippen molar-refractivity contribution < 1.29 is 23.5 Å². The molecule has 158 valence electrons. The number of carbonyl (C=O) groups excluding carboxylic acids is 1. The maximum atomic E-state index is 12.5. The number of carbonyl (C=O) groups is 1. The second kappa shape index (κ2) is 9.98. The zero-order chi connectivity index (χ0) is 21.5. The van der Waals surface area contributed by atoms with Gasteiger partial charge < -0.3 is 24.1 Å². The van der Waals surface area contributed by atoms with Gasteiger partial charge in [0, 0.05) is 11.1 Å². The molecule has 30 heavy (non-hydrogen) atoms. The molecular weight excluding hydrogens is 410 g/mol. The first kappa shape index (κ1) is 21.4. The molecule has 1 aromatic heterocycles. The maximum Gasteiger partial charge on any atom is 0.261 e. The summed E-state index contributed by atoms with van der Waals surface area (Å²) in [6.45, 7) is 1.93. The van der Waals surface area contributed by atoms with E-state index in [0.717, 1.165) is 0 Å². The highest BCUT2D eigenvalue weighted by Crippen LogP contribution is 2.31. The van der Waals surface area contributed by atoms with E-state index in [4.69, 9.17) is 30.3 Å². The number of benzene rings is 2. The average Bonchev–Trinajstić information content (AvgIpc) is 3.24. The zero-order valence-corrected chi connectivity index (χ0v) is 17.6. The first-order chi connectivity index (χ1) is 14.5. The van der Waals surface area contributed by atoms with Crippen LogP contribution in [0, 0.1) is 0 Å². The van der Waals surface area contributed by atoms with Crippen LogP contribution in [-0.2, 0) is 11.3 Å². The summed E-state index contributed by atoms with van der Waals surface area (Å²) < 4.78 is 21.5. The van der Waals surface area contributed by atoms with Crippen LogP contribution in [0.2, 0.25) is 5.02 Å². The zero-order valence-electron chi connectivity index (χ0n) is 16.8. The Morgan fingerprint density at radius 3 is 2.70 bits per heavy atom. The summed E-state index contributed by atoms with van der Waals surface area (Å²) >= 11 is 5.96. The highest BCUT2D eigenvalue weighted by molar-refractivity contribution is 6.30. The molecule has 0 aliphatic heterocycles. The van der Waals surface area contributed by atoms with Gasteiger partial charge in [-0.15, -0.1) is 0 Å². The number of aromatic nitrogens is 2. The van der Waals surface area contributed by atoms with Gasteiger partial charge in [-0.05, 0) is 36.8 Å². The molecule has 3 rings (SSSR count). The average molecular weight is 432 g/mol. The molecule has 1 N–H and O–H groups in total. The number of methoxy groups -OCH3 is 2. The Bertz CT molecular complexity index is 1010. The minimum absolute atomic E-state index is 0.0692. The van der Waals surface area contributed by atoms with Crippen molar-refractivity contribution in [2.45, 2.75) is 26.0 Å². The van der Waals surface area contributed by atoms with Crippen molar-refractivity contribution >= 4 is 17.5 Å². The number of ether oxygens (including phenoxy) is 3. The molecule has 0 bridgehead atoms. The summed E-state index contributed by atoms with van der Waals surface area (Å²) in [6, 6.07) is 12.2. The summed E-state index contributed by atoms with van der Waals surface area (Å²) in [4.78, 5) is 16.8. The third-order valence-corrected chi connectivity index (χ3v) is 4.50. The van der Waals surface area contributed by atoms with Gasteiger partial charge in [-0.25, -0.2) is 0 Å². The Kier molecular flexibility index (Phi) is 7.13. The monoisotopic (exact) mass is 431 g/mol. The van der Waals surface area contributed by atoms with Gasteiger partial charge in [0.05, 0.1) is 26.3 Å². The van der Waals surface area contributed by atoms with Crippen LogP contribution in [0.4, 0.5) is 0 Å². The normalized spacial score (nSPS) is 11.6. The third kappa shape index (κ3) is 5.21. The number of nitrogens with one attached hydrogen (secondary N) is 1. The Balaban J connectivity index is 1.64. The second-order valence-corrected chi connectivity index (χ2v) is 6.70. The molecule has 3 aromatic rings. The minimum atomic E-state index is -0.674. The molecule has 9 heteroatoms. The van der Waals surface area contributed by atoms with Gasteiger partial charge in [-0.1, -0.05) is 29.7 Å². The van der Waals surface area contributed by atoms with Crippen molar-refractivity contribution in [1.29, 1.82) is 0 Å². The fraction of sp³-hybridized carbons (Fsp3) is 0.286. The van der Waals surface area contributed by atoms with Crippen molar-refractivity contribution in [2.75, 3.05) is 14.2 Å². The Hall–Kier alpha value is -3.26. The lowest BCUT2D eigenvalue weighted by molar-refractivity contribution is -0.128. The molecule has 0 radical (unpaired) electrons. The summed E-state index contributed by atoms with van der Waals surface area (Å²) in [7, 11) is 3.12. The van der Waals surface area contributed by atoms with Crippen molar-refractivity contribution in [3.05, 3.63) is 53.4 Å². The summed E-state index contributed by atoms with van der Waals surface area (Å²) in [5.41, 5.74) is 0.648. The van der Waals surface area contributed by atoms with Crippen molar-refractivity contribution in [3.8, 4) is 28.6 Å². The minimum Gasteiger partial charge on any atom is -0.497 e. The van der Waals surface area contributed by atoms with Crippen LogP contribution in [0.1, 0.15) is 19.2 Å². The van der Waals surface area contributed by atoms with Crippen LogP contribution in [0.15, 0.2) is 47.0 Å². The molecule has 8 nitrogen and oxygen atoms in total. The van der Waals surface area contributed by atoms with Gasteiger partial charge in [-0.2, -0.15) is 4.98 Å². The Labute approximate surface area is 179 Å². The summed E-state index contributed by atoms with van der Waals surface area (Å²) in [6.07, 6.45) is -0.191. The van der Waals surface area contributed by atoms with E-state index < -0.39 is 6.10 Å². The molecule has 2 aromatic carbocycles. The van der Waals surface area contributed by atoms with E-state index in [2.05, 4.69) is 15.5 Å². The Morgan fingerprint density at radius 2 is 2.00 bits per heavy atom. The van der Waals surface area contributed by atoms with Crippen molar-refractivity contribution in [3.63, 3.8) is 0 Å². The van der Waals surface area contributed by atoms with Crippen LogP contribution in [0.3, 0.4) is 0 Å². The van der Waals surface area contributed by atoms with Crippen molar-refractivity contribution in [2.24, 2.45) is 0 Å². The predicted octanol–water partition coefficient (Wildman–Crippen LogP) is 3.88. The van der Waals surface area contributed by atoms with E-state index >= 15 is 0 Å². The van der Waals surface area contributed by atoms with Crippen molar-refractivity contribution in [1.82, 2.24) is 15.5 Å². The van der Waals surface area contributed by atoms with E-state index in [9.17, 15) is 4.79 Å². The molecule has 0 saturated heterocycles. The maximum absolute atomic E-state index is 12.5. The molecule has 0 aliphatic rings.